The van der Waals surface area contributed by atoms with Crippen molar-refractivity contribution in [1.82, 2.24) is 10.2 Å². The smallest absolute Gasteiger partial charge is 0.176 e. The number of hydrogen-bond donors (Lipinski definition) is 1. The van der Waals surface area contributed by atoms with Crippen LogP contribution in [0, 0.1) is 11.5 Å². The van der Waals surface area contributed by atoms with Gasteiger partial charge in [0, 0.05) is 18.6 Å². The predicted molar refractivity (Wildman–Crippen MR) is 43.9 cm³/mol. The van der Waals surface area contributed by atoms with Gasteiger partial charge in [-0.05, 0) is 26.8 Å². The highest BCUT2D eigenvalue weighted by Gasteiger charge is 2.28. The zero-order valence-corrected chi connectivity index (χ0v) is 7.17. The van der Waals surface area contributed by atoms with Crippen molar-refractivity contribution in [3.05, 3.63) is 0 Å². The lowest BCUT2D eigenvalue weighted by atomic mass is 10.3. The third-order valence-electron chi connectivity index (χ3n) is 2.29. The summed E-state index contributed by atoms with van der Waals surface area (Å²) >= 11 is 0. The van der Waals surface area contributed by atoms with E-state index in [4.69, 9.17) is 5.26 Å². The van der Waals surface area contributed by atoms with Crippen molar-refractivity contribution in [1.29, 1.82) is 5.26 Å². The van der Waals surface area contributed by atoms with E-state index < -0.39 is 0 Å². The first-order valence-electron chi connectivity index (χ1n) is 4.09. The Kier molecular flexibility index (Phi) is 2.72. The molecule has 0 bridgehead atoms. The van der Waals surface area contributed by atoms with Gasteiger partial charge in [0.2, 0.25) is 0 Å². The fraction of sp³-hybridized carbons (Fsp3) is 0.875. The minimum atomic E-state index is 0.474. The van der Waals surface area contributed by atoms with E-state index in [2.05, 4.69) is 24.2 Å². The van der Waals surface area contributed by atoms with Crippen LogP contribution < -0.4 is 5.32 Å². The van der Waals surface area contributed by atoms with Gasteiger partial charge in [0.15, 0.2) is 6.19 Å². The third kappa shape index (κ3) is 2.39. The van der Waals surface area contributed by atoms with E-state index in [0.717, 1.165) is 12.6 Å². The average molecular weight is 153 g/mol. The molecule has 1 aliphatic carbocycles. The summed E-state index contributed by atoms with van der Waals surface area (Å²) in [6, 6.07) is 1.26. The quantitative estimate of drug-likeness (QED) is 0.473. The van der Waals surface area contributed by atoms with Gasteiger partial charge >= 0.3 is 0 Å². The van der Waals surface area contributed by atoms with E-state index >= 15 is 0 Å². The first-order chi connectivity index (χ1) is 5.25. The van der Waals surface area contributed by atoms with Crippen LogP contribution in [0.5, 0.6) is 0 Å². The summed E-state index contributed by atoms with van der Waals surface area (Å²) in [7, 11) is 2.13. The maximum absolute atomic E-state index is 8.27. The van der Waals surface area contributed by atoms with Crippen molar-refractivity contribution in [3.8, 4) is 6.19 Å². The Morgan fingerprint density at radius 2 is 2.36 bits per heavy atom. The second-order valence-electron chi connectivity index (χ2n) is 3.24. The first kappa shape index (κ1) is 8.35. The largest absolute Gasteiger partial charge is 0.322 e. The van der Waals surface area contributed by atoms with Crippen molar-refractivity contribution < 1.29 is 0 Å². The molecule has 11 heavy (non-hydrogen) atoms. The minimum absolute atomic E-state index is 0.474. The van der Waals surface area contributed by atoms with E-state index in [1.165, 1.54) is 12.8 Å². The molecule has 3 nitrogen and oxygen atoms in total. The molecule has 1 rings (SSSR count). The molecule has 0 spiro atoms. The standard InChI is InChI=1S/C8H15N3/c1-7(5-10-6-9)11(2)8-3-4-8/h7-8,10H,3-5H2,1-2H3. The lowest BCUT2D eigenvalue weighted by Gasteiger charge is -2.23. The zero-order chi connectivity index (χ0) is 8.27. The summed E-state index contributed by atoms with van der Waals surface area (Å²) in [6.45, 7) is 2.91. The molecule has 1 atom stereocenters. The molecule has 0 heterocycles. The maximum atomic E-state index is 8.27. The Morgan fingerprint density at radius 3 is 2.82 bits per heavy atom. The topological polar surface area (TPSA) is 39.1 Å². The SMILES string of the molecule is CC(CNC#N)N(C)C1CC1. The fourth-order valence-electron chi connectivity index (χ4n) is 1.18. The summed E-state index contributed by atoms with van der Waals surface area (Å²) in [5, 5.41) is 10.9. The van der Waals surface area contributed by atoms with Crippen LogP contribution in [0.2, 0.25) is 0 Å². The molecule has 0 amide bonds. The Bertz CT molecular complexity index is 157. The highest BCUT2D eigenvalue weighted by atomic mass is 15.2. The highest BCUT2D eigenvalue weighted by Crippen LogP contribution is 2.26. The van der Waals surface area contributed by atoms with E-state index in [9.17, 15) is 0 Å². The lowest BCUT2D eigenvalue weighted by molar-refractivity contribution is 0.247. The van der Waals surface area contributed by atoms with Crippen molar-refractivity contribution in [2.45, 2.75) is 31.8 Å². The molecular formula is C8H15N3. The predicted octanol–water partition coefficient (Wildman–Crippen LogP) is 0.540. The van der Waals surface area contributed by atoms with E-state index in [1.807, 2.05) is 6.19 Å². The van der Waals surface area contributed by atoms with E-state index in [-0.39, 0.29) is 0 Å². The van der Waals surface area contributed by atoms with Gasteiger partial charge in [-0.2, -0.15) is 5.26 Å². The monoisotopic (exact) mass is 153 g/mol. The highest BCUT2D eigenvalue weighted by molar-refractivity contribution is 4.86. The maximum Gasteiger partial charge on any atom is 0.176 e. The molecular weight excluding hydrogens is 138 g/mol. The van der Waals surface area contributed by atoms with Crippen LogP contribution in [0.4, 0.5) is 0 Å². The fourth-order valence-corrected chi connectivity index (χ4v) is 1.18. The van der Waals surface area contributed by atoms with Gasteiger partial charge < -0.3 is 5.32 Å². The van der Waals surface area contributed by atoms with Crippen LogP contribution in [0.25, 0.3) is 0 Å². The number of rotatable bonds is 4. The average Bonchev–Trinajstić information content (AvgIpc) is 2.81. The molecule has 1 fully saturated rings. The molecule has 0 aromatic heterocycles. The molecule has 0 aromatic carbocycles. The summed E-state index contributed by atoms with van der Waals surface area (Å²) < 4.78 is 0. The second kappa shape index (κ2) is 3.59. The van der Waals surface area contributed by atoms with Gasteiger partial charge in [-0.3, -0.25) is 4.90 Å². The number of nitriles is 1. The lowest BCUT2D eigenvalue weighted by Crippen LogP contribution is -2.37. The second-order valence-corrected chi connectivity index (χ2v) is 3.24. The van der Waals surface area contributed by atoms with Crippen molar-refractivity contribution in [2.75, 3.05) is 13.6 Å². The van der Waals surface area contributed by atoms with Crippen LogP contribution in [0.3, 0.4) is 0 Å². The summed E-state index contributed by atoms with van der Waals surface area (Å²) in [5.74, 6) is 0. The summed E-state index contributed by atoms with van der Waals surface area (Å²) in [5.41, 5.74) is 0. The Morgan fingerprint density at radius 1 is 1.73 bits per heavy atom. The van der Waals surface area contributed by atoms with Gasteiger partial charge in [0.05, 0.1) is 0 Å². The van der Waals surface area contributed by atoms with Crippen LogP contribution in [-0.2, 0) is 0 Å². The molecule has 1 aliphatic rings. The van der Waals surface area contributed by atoms with Crippen LogP contribution in [0.1, 0.15) is 19.8 Å². The van der Waals surface area contributed by atoms with Gasteiger partial charge in [-0.1, -0.05) is 0 Å². The molecule has 1 unspecified atom stereocenters. The number of nitrogens with zero attached hydrogens (tertiary/aromatic N) is 2. The van der Waals surface area contributed by atoms with Gasteiger partial charge in [0.25, 0.3) is 0 Å². The van der Waals surface area contributed by atoms with Crippen LogP contribution in [0.15, 0.2) is 0 Å². The van der Waals surface area contributed by atoms with Crippen LogP contribution >= 0.6 is 0 Å². The number of nitrogens with one attached hydrogen (secondary N) is 1. The molecule has 0 aromatic rings. The minimum Gasteiger partial charge on any atom is -0.322 e. The molecule has 0 aliphatic heterocycles. The molecule has 0 radical (unpaired) electrons. The van der Waals surface area contributed by atoms with Crippen molar-refractivity contribution in [2.24, 2.45) is 0 Å². The zero-order valence-electron chi connectivity index (χ0n) is 7.17. The molecule has 62 valence electrons. The van der Waals surface area contributed by atoms with Crippen LogP contribution in [-0.4, -0.2) is 30.6 Å². The Balaban J connectivity index is 2.17. The summed E-state index contributed by atoms with van der Waals surface area (Å²) in [4.78, 5) is 2.34. The summed E-state index contributed by atoms with van der Waals surface area (Å²) in [6.07, 6.45) is 4.59. The molecule has 0 saturated heterocycles. The number of likely N-dealkylation sites (N-methyl/N-ethyl adjacent to an activating group) is 1. The van der Waals surface area contributed by atoms with E-state index in [0.29, 0.717) is 6.04 Å². The van der Waals surface area contributed by atoms with Gasteiger partial charge in [-0.25, -0.2) is 0 Å². The number of hydrogen-bond acceptors (Lipinski definition) is 3. The van der Waals surface area contributed by atoms with Gasteiger partial charge in [0.1, 0.15) is 0 Å². The Hall–Kier alpha value is -0.750. The third-order valence-corrected chi connectivity index (χ3v) is 2.29. The Labute approximate surface area is 68.0 Å². The van der Waals surface area contributed by atoms with Crippen molar-refractivity contribution >= 4 is 0 Å². The van der Waals surface area contributed by atoms with Crippen molar-refractivity contribution in [3.63, 3.8) is 0 Å². The van der Waals surface area contributed by atoms with Gasteiger partial charge in [-0.15, -0.1) is 0 Å². The molecule has 1 N–H and O–H groups in total. The molecule has 3 heteroatoms. The van der Waals surface area contributed by atoms with E-state index in [1.54, 1.807) is 0 Å². The normalized spacial score (nSPS) is 19.5. The first-order valence-corrected chi connectivity index (χ1v) is 4.09. The molecule has 1 saturated carbocycles.